The van der Waals surface area contributed by atoms with E-state index >= 15 is 0 Å². The lowest BCUT2D eigenvalue weighted by molar-refractivity contribution is 0.639. The molecule has 0 spiro atoms. The smallest absolute Gasteiger partial charge is 0.135 e. The zero-order valence-corrected chi connectivity index (χ0v) is 12.7. The Hall–Kier alpha value is -2.45. The van der Waals surface area contributed by atoms with E-state index in [-0.39, 0.29) is 0 Å². The molecule has 104 valence electrons. The van der Waals surface area contributed by atoms with Crippen LogP contribution in [0.25, 0.3) is 21.9 Å². The number of benzene rings is 1. The molecule has 0 radical (unpaired) electrons. The molecule has 1 aromatic carbocycles. The van der Waals surface area contributed by atoms with Gasteiger partial charge in [0, 0.05) is 17.8 Å². The number of para-hydroxylation sites is 1. The number of thiazole rings is 1. The number of hydrogen-bond donors (Lipinski definition) is 0. The molecule has 2 heterocycles. The molecule has 4 nitrogen and oxygen atoms in total. The van der Waals surface area contributed by atoms with Crippen LogP contribution in [0.1, 0.15) is 23.2 Å². The molecule has 3 rings (SSSR count). The summed E-state index contributed by atoms with van der Waals surface area (Å²) in [6.07, 6.45) is 3.66. The molecule has 0 aliphatic heterocycles. The van der Waals surface area contributed by atoms with Gasteiger partial charge in [-0.25, -0.2) is 4.98 Å². The Kier molecular flexibility index (Phi) is 3.55. The van der Waals surface area contributed by atoms with Crippen LogP contribution in [0, 0.1) is 18.3 Å². The molecule has 0 bridgehead atoms. The molecule has 3 aromatic rings. The molecule has 0 saturated carbocycles. The first kappa shape index (κ1) is 13.5. The Morgan fingerprint density at radius 3 is 2.90 bits per heavy atom. The summed E-state index contributed by atoms with van der Waals surface area (Å²) in [4.78, 5) is 4.54. The van der Waals surface area contributed by atoms with Crippen molar-refractivity contribution in [1.29, 1.82) is 5.26 Å². The van der Waals surface area contributed by atoms with Crippen LogP contribution in [-0.4, -0.2) is 14.8 Å². The molecule has 0 unspecified atom stereocenters. The van der Waals surface area contributed by atoms with Gasteiger partial charge in [-0.3, -0.25) is 4.68 Å². The molecule has 2 aromatic heterocycles. The maximum Gasteiger partial charge on any atom is 0.135 e. The van der Waals surface area contributed by atoms with E-state index in [1.165, 1.54) is 11.3 Å². The van der Waals surface area contributed by atoms with Crippen molar-refractivity contribution in [3.05, 3.63) is 46.7 Å². The first-order valence-corrected chi connectivity index (χ1v) is 7.54. The van der Waals surface area contributed by atoms with Crippen LogP contribution in [0.5, 0.6) is 0 Å². The maximum atomic E-state index is 9.44. The maximum absolute atomic E-state index is 9.44. The van der Waals surface area contributed by atoms with Crippen molar-refractivity contribution in [1.82, 2.24) is 14.8 Å². The fourth-order valence-corrected chi connectivity index (χ4v) is 3.14. The van der Waals surface area contributed by atoms with Gasteiger partial charge < -0.3 is 0 Å². The van der Waals surface area contributed by atoms with Crippen molar-refractivity contribution in [3.8, 4) is 6.07 Å². The van der Waals surface area contributed by atoms with Crippen molar-refractivity contribution in [3.63, 3.8) is 0 Å². The standard InChI is InChI=1S/C16H14N4S/c1-3-20-11(2)13(10-18-20)8-12(9-17)16-19-14-6-4-5-7-15(14)21-16/h4-8,10H,3H2,1-2H3. The Balaban J connectivity index is 2.07. The molecular formula is C16H14N4S. The summed E-state index contributed by atoms with van der Waals surface area (Å²) in [6, 6.07) is 10.2. The molecule has 0 aliphatic rings. The summed E-state index contributed by atoms with van der Waals surface area (Å²) < 4.78 is 3.01. The van der Waals surface area contributed by atoms with Crippen LogP contribution < -0.4 is 0 Å². The molecule has 0 fully saturated rings. The van der Waals surface area contributed by atoms with Crippen molar-refractivity contribution in [2.24, 2.45) is 0 Å². The quantitative estimate of drug-likeness (QED) is 0.689. The normalized spacial score (nSPS) is 11.8. The highest BCUT2D eigenvalue weighted by atomic mass is 32.1. The van der Waals surface area contributed by atoms with Crippen molar-refractivity contribution < 1.29 is 0 Å². The van der Waals surface area contributed by atoms with E-state index in [1.54, 1.807) is 6.20 Å². The van der Waals surface area contributed by atoms with Crippen molar-refractivity contribution in [2.45, 2.75) is 20.4 Å². The summed E-state index contributed by atoms with van der Waals surface area (Å²) in [6.45, 7) is 4.88. The lowest BCUT2D eigenvalue weighted by Crippen LogP contribution is -1.98. The van der Waals surface area contributed by atoms with E-state index in [0.717, 1.165) is 33.0 Å². The Morgan fingerprint density at radius 1 is 1.43 bits per heavy atom. The van der Waals surface area contributed by atoms with Crippen molar-refractivity contribution in [2.75, 3.05) is 0 Å². The second-order valence-electron chi connectivity index (χ2n) is 4.66. The number of nitriles is 1. The minimum Gasteiger partial charge on any atom is -0.270 e. The average molecular weight is 294 g/mol. The van der Waals surface area contributed by atoms with Gasteiger partial charge in [0.2, 0.25) is 0 Å². The number of aryl methyl sites for hydroxylation is 1. The van der Waals surface area contributed by atoms with Crippen LogP contribution in [0.2, 0.25) is 0 Å². The Labute approximate surface area is 127 Å². The third kappa shape index (κ3) is 2.46. The van der Waals surface area contributed by atoms with Gasteiger partial charge >= 0.3 is 0 Å². The molecule has 0 aliphatic carbocycles. The lowest BCUT2D eigenvalue weighted by Gasteiger charge is -1.99. The highest BCUT2D eigenvalue weighted by molar-refractivity contribution is 7.19. The number of fused-ring (bicyclic) bond motifs is 1. The molecule has 0 saturated heterocycles. The number of aromatic nitrogens is 3. The third-order valence-corrected chi connectivity index (χ3v) is 4.45. The number of allylic oxidation sites excluding steroid dienone is 1. The number of nitrogens with zero attached hydrogens (tertiary/aromatic N) is 4. The monoisotopic (exact) mass is 294 g/mol. The van der Waals surface area contributed by atoms with E-state index in [2.05, 4.69) is 16.2 Å². The molecule has 0 N–H and O–H groups in total. The van der Waals surface area contributed by atoms with Crippen LogP contribution in [0.4, 0.5) is 0 Å². The highest BCUT2D eigenvalue weighted by Crippen LogP contribution is 2.28. The largest absolute Gasteiger partial charge is 0.270 e. The molecule has 0 atom stereocenters. The van der Waals surface area contributed by atoms with Gasteiger partial charge in [0.15, 0.2) is 0 Å². The highest BCUT2D eigenvalue weighted by Gasteiger charge is 2.10. The van der Waals surface area contributed by atoms with E-state index in [1.807, 2.05) is 48.9 Å². The summed E-state index contributed by atoms with van der Waals surface area (Å²) in [7, 11) is 0. The van der Waals surface area contributed by atoms with Crippen LogP contribution in [0.3, 0.4) is 0 Å². The fourth-order valence-electron chi connectivity index (χ4n) is 2.21. The molecule has 5 heteroatoms. The van der Waals surface area contributed by atoms with Crippen LogP contribution in [0.15, 0.2) is 30.5 Å². The predicted octanol–water partition coefficient (Wildman–Crippen LogP) is 3.89. The van der Waals surface area contributed by atoms with Gasteiger partial charge in [-0.05, 0) is 32.1 Å². The predicted molar refractivity (Wildman–Crippen MR) is 85.7 cm³/mol. The second-order valence-corrected chi connectivity index (χ2v) is 5.69. The summed E-state index contributed by atoms with van der Waals surface area (Å²) in [5, 5.41) is 14.5. The minimum absolute atomic E-state index is 0.579. The Morgan fingerprint density at radius 2 is 2.24 bits per heavy atom. The van der Waals surface area contributed by atoms with Gasteiger partial charge in [-0.1, -0.05) is 12.1 Å². The zero-order valence-electron chi connectivity index (χ0n) is 11.9. The number of rotatable bonds is 3. The summed E-state index contributed by atoms with van der Waals surface area (Å²) >= 11 is 1.54. The van der Waals surface area contributed by atoms with E-state index in [4.69, 9.17) is 0 Å². The second kappa shape index (κ2) is 5.51. The zero-order chi connectivity index (χ0) is 14.8. The van der Waals surface area contributed by atoms with Gasteiger partial charge in [0.1, 0.15) is 11.1 Å². The van der Waals surface area contributed by atoms with Crippen LogP contribution >= 0.6 is 11.3 Å². The Bertz CT molecular complexity index is 831. The van der Waals surface area contributed by atoms with Gasteiger partial charge in [0.25, 0.3) is 0 Å². The molecule has 21 heavy (non-hydrogen) atoms. The summed E-state index contributed by atoms with van der Waals surface area (Å²) in [5.74, 6) is 0. The van der Waals surface area contributed by atoms with Gasteiger partial charge in [-0.2, -0.15) is 10.4 Å². The van der Waals surface area contributed by atoms with Gasteiger partial charge in [-0.15, -0.1) is 11.3 Å². The summed E-state index contributed by atoms with van der Waals surface area (Å²) in [5.41, 5.74) is 3.54. The van der Waals surface area contributed by atoms with Crippen molar-refractivity contribution >= 4 is 33.2 Å². The first-order chi connectivity index (χ1) is 10.2. The van der Waals surface area contributed by atoms with E-state index < -0.39 is 0 Å². The lowest BCUT2D eigenvalue weighted by atomic mass is 10.2. The number of hydrogen-bond acceptors (Lipinski definition) is 4. The average Bonchev–Trinajstić information content (AvgIpc) is 3.08. The minimum atomic E-state index is 0.579. The molecular weight excluding hydrogens is 280 g/mol. The third-order valence-electron chi connectivity index (χ3n) is 3.39. The molecule has 0 amide bonds. The first-order valence-electron chi connectivity index (χ1n) is 6.73. The van der Waals surface area contributed by atoms with Gasteiger partial charge in [0.05, 0.1) is 22.0 Å². The SMILES string of the molecule is CCn1ncc(C=C(C#N)c2nc3ccccc3s2)c1C. The van der Waals surface area contributed by atoms with E-state index in [9.17, 15) is 5.26 Å². The fraction of sp³-hybridized carbons (Fsp3) is 0.188. The van der Waals surface area contributed by atoms with E-state index in [0.29, 0.717) is 5.57 Å². The van der Waals surface area contributed by atoms with Crippen LogP contribution in [-0.2, 0) is 6.54 Å². The topological polar surface area (TPSA) is 54.5 Å².